The van der Waals surface area contributed by atoms with Crippen molar-refractivity contribution in [2.45, 2.75) is 44.7 Å². The molecule has 1 saturated heterocycles. The van der Waals surface area contributed by atoms with Gasteiger partial charge in [-0.15, -0.1) is 11.8 Å². The summed E-state index contributed by atoms with van der Waals surface area (Å²) in [6, 6.07) is 2.10. The van der Waals surface area contributed by atoms with Gasteiger partial charge in [-0.1, -0.05) is 20.8 Å². The van der Waals surface area contributed by atoms with Crippen molar-refractivity contribution < 1.29 is 0 Å². The maximum Gasteiger partial charge on any atom is 0.142 e. The van der Waals surface area contributed by atoms with Crippen molar-refractivity contribution >= 4 is 23.5 Å². The average Bonchev–Trinajstić information content (AvgIpc) is 2.38. The van der Waals surface area contributed by atoms with Crippen LogP contribution in [-0.4, -0.2) is 33.3 Å². The molecule has 1 N–H and O–H groups in total. The first-order valence-electron chi connectivity index (χ1n) is 7.34. The number of aromatic nitrogens is 2. The minimum atomic E-state index is 0.442. The second-order valence-electron chi connectivity index (χ2n) is 5.75. The molecule has 0 bridgehead atoms. The summed E-state index contributed by atoms with van der Waals surface area (Å²) in [5.41, 5.74) is 2.20. The highest BCUT2D eigenvalue weighted by Gasteiger charge is 2.26. The number of rotatable bonds is 5. The van der Waals surface area contributed by atoms with Crippen molar-refractivity contribution in [3.8, 4) is 0 Å². The standard InChI is InChI=1S/C15H25N3S2/c1-10(2)8-16-9-13-7-11(3)17-15(18-13)14-12(4)19-5-6-20-14/h7,10,12,14,16H,5-6,8-9H2,1-4H3. The van der Waals surface area contributed by atoms with E-state index in [1.807, 2.05) is 23.5 Å². The second-order valence-corrected chi connectivity index (χ2v) is 8.49. The van der Waals surface area contributed by atoms with Crippen LogP contribution in [0, 0.1) is 12.8 Å². The van der Waals surface area contributed by atoms with Gasteiger partial charge >= 0.3 is 0 Å². The Morgan fingerprint density at radius 3 is 2.75 bits per heavy atom. The Morgan fingerprint density at radius 1 is 1.30 bits per heavy atom. The quantitative estimate of drug-likeness (QED) is 0.901. The molecular formula is C15H25N3S2. The summed E-state index contributed by atoms with van der Waals surface area (Å²) >= 11 is 4.04. The molecule has 112 valence electrons. The fraction of sp³-hybridized carbons (Fsp3) is 0.733. The zero-order valence-electron chi connectivity index (χ0n) is 12.8. The highest BCUT2D eigenvalue weighted by molar-refractivity contribution is 8.06. The lowest BCUT2D eigenvalue weighted by molar-refractivity contribution is 0.546. The van der Waals surface area contributed by atoms with E-state index in [1.54, 1.807) is 0 Å². The molecule has 5 heteroatoms. The summed E-state index contributed by atoms with van der Waals surface area (Å²) < 4.78 is 0. The second kappa shape index (κ2) is 7.66. The predicted molar refractivity (Wildman–Crippen MR) is 90.4 cm³/mol. The van der Waals surface area contributed by atoms with E-state index in [9.17, 15) is 0 Å². The van der Waals surface area contributed by atoms with Crippen molar-refractivity contribution in [1.29, 1.82) is 0 Å². The summed E-state index contributed by atoms with van der Waals surface area (Å²) in [5.74, 6) is 4.15. The molecule has 1 aliphatic heterocycles. The number of hydrogen-bond acceptors (Lipinski definition) is 5. The summed E-state index contributed by atoms with van der Waals surface area (Å²) in [4.78, 5) is 9.47. The highest BCUT2D eigenvalue weighted by Crippen LogP contribution is 2.40. The van der Waals surface area contributed by atoms with Gasteiger partial charge in [0.25, 0.3) is 0 Å². The van der Waals surface area contributed by atoms with Gasteiger partial charge in [-0.05, 0) is 25.5 Å². The molecule has 1 aliphatic rings. The molecule has 2 atom stereocenters. The third kappa shape index (κ3) is 4.64. The van der Waals surface area contributed by atoms with Crippen molar-refractivity contribution in [3.05, 3.63) is 23.3 Å². The molecule has 1 fully saturated rings. The number of hydrogen-bond donors (Lipinski definition) is 1. The zero-order valence-corrected chi connectivity index (χ0v) is 14.5. The zero-order chi connectivity index (χ0) is 14.5. The third-order valence-electron chi connectivity index (χ3n) is 3.23. The van der Waals surface area contributed by atoms with Crippen LogP contribution in [0.15, 0.2) is 6.07 Å². The fourth-order valence-electron chi connectivity index (χ4n) is 2.28. The summed E-state index contributed by atoms with van der Waals surface area (Å²) in [6.07, 6.45) is 0. The Kier molecular flexibility index (Phi) is 6.18. The lowest BCUT2D eigenvalue weighted by Crippen LogP contribution is -2.22. The van der Waals surface area contributed by atoms with E-state index in [0.717, 1.165) is 30.3 Å². The lowest BCUT2D eigenvalue weighted by atomic mass is 10.2. The van der Waals surface area contributed by atoms with Crippen LogP contribution in [-0.2, 0) is 6.54 Å². The molecule has 20 heavy (non-hydrogen) atoms. The highest BCUT2D eigenvalue weighted by atomic mass is 32.2. The summed E-state index contributed by atoms with van der Waals surface area (Å²) in [7, 11) is 0. The van der Waals surface area contributed by atoms with Gasteiger partial charge < -0.3 is 5.32 Å². The number of thioether (sulfide) groups is 2. The first-order chi connectivity index (χ1) is 9.56. The summed E-state index contributed by atoms with van der Waals surface area (Å²) in [6.45, 7) is 10.7. The van der Waals surface area contributed by atoms with E-state index < -0.39 is 0 Å². The van der Waals surface area contributed by atoms with Crippen LogP contribution in [0.4, 0.5) is 0 Å². The van der Waals surface area contributed by atoms with Crippen molar-refractivity contribution in [2.24, 2.45) is 5.92 Å². The molecule has 0 spiro atoms. The van der Waals surface area contributed by atoms with E-state index in [1.165, 1.54) is 11.5 Å². The molecule has 3 nitrogen and oxygen atoms in total. The molecule has 2 heterocycles. The largest absolute Gasteiger partial charge is 0.311 e. The minimum Gasteiger partial charge on any atom is -0.311 e. The maximum atomic E-state index is 4.80. The van der Waals surface area contributed by atoms with E-state index in [0.29, 0.717) is 16.4 Å². The Hall–Kier alpha value is -0.260. The molecule has 1 aromatic heterocycles. The van der Waals surface area contributed by atoms with Crippen molar-refractivity contribution in [1.82, 2.24) is 15.3 Å². The average molecular weight is 312 g/mol. The van der Waals surface area contributed by atoms with Crippen molar-refractivity contribution in [3.63, 3.8) is 0 Å². The van der Waals surface area contributed by atoms with Gasteiger partial charge in [0.2, 0.25) is 0 Å². The van der Waals surface area contributed by atoms with Gasteiger partial charge in [0.1, 0.15) is 5.82 Å². The van der Waals surface area contributed by atoms with Crippen LogP contribution in [0.3, 0.4) is 0 Å². The Morgan fingerprint density at radius 2 is 2.05 bits per heavy atom. The van der Waals surface area contributed by atoms with Gasteiger partial charge in [0, 0.05) is 29.0 Å². The van der Waals surface area contributed by atoms with E-state index in [-0.39, 0.29) is 0 Å². The van der Waals surface area contributed by atoms with Crippen LogP contribution in [0.5, 0.6) is 0 Å². The lowest BCUT2D eigenvalue weighted by Gasteiger charge is -2.27. The smallest absolute Gasteiger partial charge is 0.142 e. The maximum absolute atomic E-state index is 4.80. The first kappa shape index (κ1) is 16.1. The van der Waals surface area contributed by atoms with Crippen molar-refractivity contribution in [2.75, 3.05) is 18.1 Å². The van der Waals surface area contributed by atoms with Crippen LogP contribution in [0.25, 0.3) is 0 Å². The fourth-order valence-corrected chi connectivity index (χ4v) is 4.97. The molecule has 0 saturated carbocycles. The number of nitrogens with zero attached hydrogens (tertiary/aromatic N) is 2. The monoisotopic (exact) mass is 311 g/mol. The third-order valence-corrected chi connectivity index (χ3v) is 6.31. The Bertz CT molecular complexity index is 437. The predicted octanol–water partition coefficient (Wildman–Crippen LogP) is 3.44. The van der Waals surface area contributed by atoms with Crippen LogP contribution in [0.2, 0.25) is 0 Å². The first-order valence-corrected chi connectivity index (χ1v) is 9.44. The van der Waals surface area contributed by atoms with E-state index in [4.69, 9.17) is 4.98 Å². The molecule has 2 rings (SSSR count). The van der Waals surface area contributed by atoms with Gasteiger partial charge in [0.05, 0.1) is 10.9 Å². The Labute approximate surface area is 131 Å². The van der Waals surface area contributed by atoms with Gasteiger partial charge in [-0.3, -0.25) is 0 Å². The molecule has 0 aliphatic carbocycles. The van der Waals surface area contributed by atoms with Gasteiger partial charge in [-0.2, -0.15) is 11.8 Å². The van der Waals surface area contributed by atoms with E-state index >= 15 is 0 Å². The molecule has 0 radical (unpaired) electrons. The minimum absolute atomic E-state index is 0.442. The normalized spacial score (nSPS) is 23.2. The van der Waals surface area contributed by atoms with Gasteiger partial charge in [0.15, 0.2) is 0 Å². The SMILES string of the molecule is Cc1cc(CNCC(C)C)nc(C2SCCSC2C)n1. The number of nitrogens with one attached hydrogen (secondary N) is 1. The summed E-state index contributed by atoms with van der Waals surface area (Å²) in [5, 5.41) is 4.51. The van der Waals surface area contributed by atoms with Crippen LogP contribution in [0.1, 0.15) is 43.2 Å². The number of aryl methyl sites for hydroxylation is 1. The van der Waals surface area contributed by atoms with Gasteiger partial charge in [-0.25, -0.2) is 9.97 Å². The molecule has 0 amide bonds. The molecular weight excluding hydrogens is 286 g/mol. The molecule has 1 aromatic rings. The Balaban J connectivity index is 2.07. The topological polar surface area (TPSA) is 37.8 Å². The van der Waals surface area contributed by atoms with E-state index in [2.05, 4.69) is 44.1 Å². The molecule has 0 aromatic carbocycles. The van der Waals surface area contributed by atoms with Crippen LogP contribution < -0.4 is 5.32 Å². The molecule has 2 unspecified atom stereocenters. The van der Waals surface area contributed by atoms with Crippen LogP contribution >= 0.6 is 23.5 Å².